The van der Waals surface area contributed by atoms with Crippen molar-refractivity contribution < 1.29 is 22.0 Å². The van der Waals surface area contributed by atoms with Gasteiger partial charge >= 0.3 is 0 Å². The van der Waals surface area contributed by atoms with Crippen LogP contribution in [0.4, 0.5) is 25.3 Å². The normalized spacial score (nSPS) is 22.6. The second kappa shape index (κ2) is 11.3. The highest BCUT2D eigenvalue weighted by Gasteiger charge is 2.47. The van der Waals surface area contributed by atoms with E-state index in [1.807, 2.05) is 29.2 Å². The summed E-state index contributed by atoms with van der Waals surface area (Å²) >= 11 is 1.34. The molecular formula is C30H31F2N5O3S2. The van der Waals surface area contributed by atoms with Crippen LogP contribution in [-0.2, 0) is 14.6 Å². The smallest absolute Gasteiger partial charge is 0.225 e. The lowest BCUT2D eigenvalue weighted by Gasteiger charge is -2.31. The molecule has 12 heteroatoms. The highest BCUT2D eigenvalue weighted by Crippen LogP contribution is 2.46. The maximum atomic E-state index is 14.5. The van der Waals surface area contributed by atoms with Crippen LogP contribution in [0, 0.1) is 28.9 Å². The Bertz CT molecular complexity index is 1630. The summed E-state index contributed by atoms with van der Waals surface area (Å²) in [5.74, 6) is -1.83. The molecule has 3 fully saturated rings. The predicted octanol–water partition coefficient (Wildman–Crippen LogP) is 5.51. The van der Waals surface area contributed by atoms with Gasteiger partial charge in [-0.3, -0.25) is 4.79 Å². The van der Waals surface area contributed by atoms with E-state index >= 15 is 0 Å². The summed E-state index contributed by atoms with van der Waals surface area (Å²) in [7, 11) is -3.00. The van der Waals surface area contributed by atoms with Gasteiger partial charge in [0.15, 0.2) is 15.0 Å². The van der Waals surface area contributed by atoms with E-state index in [0.29, 0.717) is 37.5 Å². The molecule has 2 aliphatic carbocycles. The molecule has 2 N–H and O–H groups in total. The Morgan fingerprint density at radius 1 is 1.07 bits per heavy atom. The van der Waals surface area contributed by atoms with Gasteiger partial charge in [-0.25, -0.2) is 22.2 Å². The quantitative estimate of drug-likeness (QED) is 0.362. The molecule has 1 aliphatic heterocycles. The summed E-state index contributed by atoms with van der Waals surface area (Å²) in [5.41, 5.74) is 1.88. The Morgan fingerprint density at radius 3 is 2.45 bits per heavy atom. The summed E-state index contributed by atoms with van der Waals surface area (Å²) in [5, 5.41) is 15.9. The van der Waals surface area contributed by atoms with Gasteiger partial charge in [-0.2, -0.15) is 5.26 Å². The summed E-state index contributed by atoms with van der Waals surface area (Å²) in [4.78, 5) is 21.2. The number of nitrogens with zero attached hydrogens (tertiary/aromatic N) is 3. The van der Waals surface area contributed by atoms with Gasteiger partial charge in [-0.15, -0.1) is 0 Å². The third-order valence-electron chi connectivity index (χ3n) is 8.45. The van der Waals surface area contributed by atoms with E-state index in [2.05, 4.69) is 16.7 Å². The maximum absolute atomic E-state index is 14.5. The summed E-state index contributed by atoms with van der Waals surface area (Å²) in [6.07, 6.45) is 4.57. The Morgan fingerprint density at radius 2 is 1.79 bits per heavy atom. The van der Waals surface area contributed by atoms with Crippen molar-refractivity contribution in [3.8, 4) is 16.5 Å². The number of rotatable bonds is 7. The van der Waals surface area contributed by atoms with Gasteiger partial charge in [0.05, 0.1) is 33.8 Å². The topological polar surface area (TPSA) is 115 Å². The molecule has 1 saturated heterocycles. The number of benzene rings is 2. The monoisotopic (exact) mass is 611 g/mol. The van der Waals surface area contributed by atoms with Gasteiger partial charge in [-0.05, 0) is 55.5 Å². The Hall–Kier alpha value is -3.56. The minimum absolute atomic E-state index is 0.0984. The van der Waals surface area contributed by atoms with E-state index in [1.54, 1.807) is 0 Å². The van der Waals surface area contributed by atoms with Gasteiger partial charge in [0.2, 0.25) is 5.91 Å². The standard InChI is InChI=1S/C30H31F2N5O3S2/c31-20-7-10-25(24(32)17-20)34-29-35-26(22-3-1-2-4-23(22)28(38)36-30(18-33)11-12-30)27(41-29)19-5-8-21(9-6-19)37-13-15-42(39,40)16-14-37/h5-10,17,22-23H,1-4,11-16H2,(H,34,35)(H,36,38). The van der Waals surface area contributed by atoms with Crippen molar-refractivity contribution in [2.45, 2.75) is 50.0 Å². The van der Waals surface area contributed by atoms with Crippen LogP contribution in [0.2, 0.25) is 0 Å². The number of hydrogen-bond acceptors (Lipinski definition) is 8. The van der Waals surface area contributed by atoms with Crippen LogP contribution in [0.15, 0.2) is 42.5 Å². The van der Waals surface area contributed by atoms with Gasteiger partial charge in [0.1, 0.15) is 17.2 Å². The molecule has 2 unspecified atom stereocenters. The molecule has 0 spiro atoms. The number of carbonyl (C=O) groups is 1. The zero-order valence-electron chi connectivity index (χ0n) is 22.9. The number of carbonyl (C=O) groups excluding carboxylic acids is 1. The predicted molar refractivity (Wildman–Crippen MR) is 158 cm³/mol. The molecule has 2 atom stereocenters. The molecule has 2 saturated carbocycles. The minimum Gasteiger partial charge on any atom is -0.369 e. The van der Waals surface area contributed by atoms with Crippen molar-refractivity contribution >= 4 is 43.6 Å². The Balaban J connectivity index is 1.33. The van der Waals surface area contributed by atoms with E-state index in [9.17, 15) is 27.3 Å². The van der Waals surface area contributed by atoms with Crippen LogP contribution in [0.1, 0.15) is 50.1 Å². The number of nitriles is 1. The van der Waals surface area contributed by atoms with Crippen molar-refractivity contribution in [3.05, 3.63) is 59.8 Å². The third-order valence-corrected chi connectivity index (χ3v) is 11.1. The maximum Gasteiger partial charge on any atom is 0.225 e. The van der Waals surface area contributed by atoms with Crippen molar-refractivity contribution in [3.63, 3.8) is 0 Å². The van der Waals surface area contributed by atoms with Crippen LogP contribution in [0.5, 0.6) is 0 Å². The summed E-state index contributed by atoms with van der Waals surface area (Å²) in [6.45, 7) is 0.877. The zero-order valence-corrected chi connectivity index (χ0v) is 24.5. The first kappa shape index (κ1) is 28.6. The first-order valence-electron chi connectivity index (χ1n) is 14.2. The first-order chi connectivity index (χ1) is 20.2. The largest absolute Gasteiger partial charge is 0.369 e. The number of anilines is 3. The number of aromatic nitrogens is 1. The fourth-order valence-electron chi connectivity index (χ4n) is 5.83. The number of amides is 1. The van der Waals surface area contributed by atoms with E-state index < -0.39 is 27.0 Å². The van der Waals surface area contributed by atoms with Crippen molar-refractivity contribution in [2.75, 3.05) is 34.8 Å². The van der Waals surface area contributed by atoms with Crippen LogP contribution in [-0.4, -0.2) is 49.4 Å². The van der Waals surface area contributed by atoms with Crippen LogP contribution in [0.3, 0.4) is 0 Å². The number of halogens is 2. The van der Waals surface area contributed by atoms with Crippen LogP contribution in [0.25, 0.3) is 10.4 Å². The highest BCUT2D eigenvalue weighted by atomic mass is 32.2. The van der Waals surface area contributed by atoms with Crippen molar-refractivity contribution in [1.82, 2.24) is 10.3 Å². The van der Waals surface area contributed by atoms with E-state index in [-0.39, 0.29) is 34.9 Å². The van der Waals surface area contributed by atoms with E-state index in [4.69, 9.17) is 4.98 Å². The number of thiazole rings is 1. The van der Waals surface area contributed by atoms with Gasteiger partial charge in [0, 0.05) is 36.7 Å². The van der Waals surface area contributed by atoms with Gasteiger partial charge in [-0.1, -0.05) is 36.3 Å². The molecular weight excluding hydrogens is 580 g/mol. The van der Waals surface area contributed by atoms with Crippen molar-refractivity contribution in [2.24, 2.45) is 5.92 Å². The second-order valence-corrected chi connectivity index (χ2v) is 14.7. The Labute approximate surface area is 247 Å². The summed E-state index contributed by atoms with van der Waals surface area (Å²) in [6, 6.07) is 13.4. The molecule has 220 valence electrons. The van der Waals surface area contributed by atoms with E-state index in [1.165, 1.54) is 23.5 Å². The van der Waals surface area contributed by atoms with Crippen LogP contribution < -0.4 is 15.5 Å². The molecule has 3 aliphatic rings. The molecule has 42 heavy (non-hydrogen) atoms. The number of nitrogens with one attached hydrogen (secondary N) is 2. The van der Waals surface area contributed by atoms with Crippen LogP contribution >= 0.6 is 11.3 Å². The second-order valence-electron chi connectivity index (χ2n) is 11.3. The average Bonchev–Trinajstić information content (AvgIpc) is 3.63. The van der Waals surface area contributed by atoms with Crippen molar-refractivity contribution in [1.29, 1.82) is 5.26 Å². The summed E-state index contributed by atoms with van der Waals surface area (Å²) < 4.78 is 51.8. The Kier molecular flexibility index (Phi) is 7.66. The molecule has 2 aromatic carbocycles. The first-order valence-corrected chi connectivity index (χ1v) is 16.8. The SMILES string of the molecule is N#CC1(NC(=O)C2CCCCC2c2nc(Nc3ccc(F)cc3F)sc2-c2ccc(N3CCS(=O)(=O)CC3)cc2)CC1. The fraction of sp³-hybridized carbons (Fsp3) is 0.433. The molecule has 3 aromatic rings. The molecule has 1 amide bonds. The lowest BCUT2D eigenvalue weighted by molar-refractivity contribution is -0.127. The van der Waals surface area contributed by atoms with E-state index in [0.717, 1.165) is 47.2 Å². The molecule has 6 rings (SSSR count). The number of hydrogen-bond donors (Lipinski definition) is 2. The molecule has 0 radical (unpaired) electrons. The lowest BCUT2D eigenvalue weighted by Crippen LogP contribution is -2.42. The molecule has 0 bridgehead atoms. The van der Waals surface area contributed by atoms with Gasteiger partial charge < -0.3 is 15.5 Å². The lowest BCUT2D eigenvalue weighted by atomic mass is 9.76. The highest BCUT2D eigenvalue weighted by molar-refractivity contribution is 7.91. The molecule has 8 nitrogen and oxygen atoms in total. The van der Waals surface area contributed by atoms with Gasteiger partial charge in [0.25, 0.3) is 0 Å². The molecule has 1 aromatic heterocycles. The number of sulfone groups is 1. The third kappa shape index (κ3) is 5.99. The molecule has 2 heterocycles. The fourth-order valence-corrected chi connectivity index (χ4v) is 8.09. The average molecular weight is 612 g/mol. The zero-order chi connectivity index (χ0) is 29.5. The minimum atomic E-state index is -3.00.